The van der Waals surface area contributed by atoms with Crippen LogP contribution in [0.4, 0.5) is 11.4 Å². The Morgan fingerprint density at radius 2 is 1.77 bits per heavy atom. The largest absolute Gasteiger partial charge is 0.378 e. The van der Waals surface area contributed by atoms with E-state index in [1.165, 1.54) is 5.56 Å². The van der Waals surface area contributed by atoms with Crippen molar-refractivity contribution in [2.24, 2.45) is 5.92 Å². The first-order chi connectivity index (χ1) is 14.9. The van der Waals surface area contributed by atoms with Crippen molar-refractivity contribution in [1.82, 2.24) is 0 Å². The van der Waals surface area contributed by atoms with Crippen LogP contribution < -0.4 is 10.0 Å². The lowest BCUT2D eigenvalue weighted by Crippen LogP contribution is -2.29. The molecule has 0 saturated heterocycles. The van der Waals surface area contributed by atoms with Gasteiger partial charge in [0.2, 0.25) is 0 Å². The van der Waals surface area contributed by atoms with E-state index in [4.69, 9.17) is 0 Å². The van der Waals surface area contributed by atoms with Crippen LogP contribution in [0.15, 0.2) is 83.8 Å². The van der Waals surface area contributed by atoms with Crippen LogP contribution in [0.25, 0.3) is 0 Å². The predicted molar refractivity (Wildman–Crippen MR) is 126 cm³/mol. The van der Waals surface area contributed by atoms with E-state index in [1.54, 1.807) is 6.07 Å². The third-order valence-corrected chi connectivity index (χ3v) is 7.79. The first-order valence-corrected chi connectivity index (χ1v) is 12.1. The maximum atomic E-state index is 13.2. The Hall–Kier alpha value is -3.05. The molecule has 0 spiro atoms. The molecular weight excluding hydrogens is 404 g/mol. The van der Waals surface area contributed by atoms with Crippen LogP contribution in [0.3, 0.4) is 0 Å². The van der Waals surface area contributed by atoms with Crippen molar-refractivity contribution in [2.45, 2.75) is 37.1 Å². The molecule has 0 radical (unpaired) electrons. The second-order valence-corrected chi connectivity index (χ2v) is 10.2. The highest BCUT2D eigenvalue weighted by molar-refractivity contribution is 7.92. The standard InChI is InChI=1S/C26H26N2O2S/c1-17-11-13-24(18(2)15-17)28-31(29,30)20-12-14-25-23(16-20)21-9-6-10-22(21)26(27-25)19-7-4-3-5-8-19/h3-9,11-16,21-22,26-28H,10H2,1-2H3. The van der Waals surface area contributed by atoms with Crippen molar-refractivity contribution in [3.8, 4) is 0 Å². The molecule has 31 heavy (non-hydrogen) atoms. The van der Waals surface area contributed by atoms with Crippen LogP contribution in [-0.2, 0) is 10.0 Å². The second kappa shape index (κ2) is 7.57. The molecule has 2 N–H and O–H groups in total. The molecule has 3 aromatic rings. The molecule has 5 heteroatoms. The lowest BCUT2D eigenvalue weighted by Gasteiger charge is -2.37. The van der Waals surface area contributed by atoms with Gasteiger partial charge in [-0.15, -0.1) is 0 Å². The van der Waals surface area contributed by atoms with Crippen molar-refractivity contribution in [2.75, 3.05) is 10.0 Å². The van der Waals surface area contributed by atoms with Crippen molar-refractivity contribution < 1.29 is 8.42 Å². The summed E-state index contributed by atoms with van der Waals surface area (Å²) >= 11 is 0. The first kappa shape index (κ1) is 19.9. The molecule has 2 aliphatic rings. The van der Waals surface area contributed by atoms with Gasteiger partial charge < -0.3 is 5.32 Å². The van der Waals surface area contributed by atoms with Crippen LogP contribution in [0, 0.1) is 19.8 Å². The van der Waals surface area contributed by atoms with Crippen molar-refractivity contribution in [3.05, 3.63) is 101 Å². The lowest BCUT2D eigenvalue weighted by atomic mass is 9.77. The third-order valence-electron chi connectivity index (χ3n) is 6.43. The number of benzene rings is 3. The van der Waals surface area contributed by atoms with E-state index in [0.29, 0.717) is 16.5 Å². The van der Waals surface area contributed by atoms with E-state index in [1.807, 2.05) is 50.2 Å². The molecule has 0 saturated carbocycles. The Kier molecular flexibility index (Phi) is 4.86. The van der Waals surface area contributed by atoms with Crippen molar-refractivity contribution in [3.63, 3.8) is 0 Å². The fourth-order valence-corrected chi connectivity index (χ4v) is 6.03. The average molecular weight is 431 g/mol. The number of rotatable bonds is 4. The normalized spacial score (nSPS) is 21.8. The molecule has 0 bridgehead atoms. The molecule has 0 amide bonds. The lowest BCUT2D eigenvalue weighted by molar-refractivity contribution is 0.425. The van der Waals surface area contributed by atoms with Gasteiger partial charge in [-0.05, 0) is 67.1 Å². The first-order valence-electron chi connectivity index (χ1n) is 10.6. The minimum Gasteiger partial charge on any atom is -0.378 e. The molecule has 3 atom stereocenters. The highest BCUT2D eigenvalue weighted by Gasteiger charge is 2.38. The molecule has 3 aromatic carbocycles. The number of aryl methyl sites for hydroxylation is 2. The van der Waals surface area contributed by atoms with Crippen molar-refractivity contribution >= 4 is 21.4 Å². The number of nitrogens with one attached hydrogen (secondary N) is 2. The molecule has 1 aliphatic heterocycles. The van der Waals surface area contributed by atoms with Gasteiger partial charge in [-0.2, -0.15) is 0 Å². The fourth-order valence-electron chi connectivity index (χ4n) is 4.86. The van der Waals surface area contributed by atoms with E-state index in [-0.39, 0.29) is 12.0 Å². The van der Waals surface area contributed by atoms with Gasteiger partial charge in [-0.1, -0.05) is 60.2 Å². The zero-order valence-electron chi connectivity index (χ0n) is 17.7. The maximum absolute atomic E-state index is 13.2. The van der Waals surface area contributed by atoms with Crippen LogP contribution in [0.2, 0.25) is 0 Å². The number of fused-ring (bicyclic) bond motifs is 3. The van der Waals surface area contributed by atoms with Crippen LogP contribution in [0.5, 0.6) is 0 Å². The molecule has 1 heterocycles. The third kappa shape index (κ3) is 3.63. The Morgan fingerprint density at radius 1 is 0.968 bits per heavy atom. The molecule has 0 fully saturated rings. The molecule has 3 unspecified atom stereocenters. The Labute approximate surface area is 184 Å². The van der Waals surface area contributed by atoms with Gasteiger partial charge in [0.1, 0.15) is 0 Å². The highest BCUT2D eigenvalue weighted by Crippen LogP contribution is 2.50. The van der Waals surface area contributed by atoms with E-state index in [9.17, 15) is 8.42 Å². The summed E-state index contributed by atoms with van der Waals surface area (Å²) in [5, 5.41) is 3.67. The number of hydrogen-bond acceptors (Lipinski definition) is 3. The number of allylic oxidation sites excluding steroid dienone is 2. The van der Waals surface area contributed by atoms with Gasteiger partial charge in [-0.3, -0.25) is 4.72 Å². The Bertz CT molecular complexity index is 1270. The molecular formula is C26H26N2O2S. The average Bonchev–Trinajstić information content (AvgIpc) is 3.26. The molecule has 158 valence electrons. The van der Waals surface area contributed by atoms with E-state index >= 15 is 0 Å². The van der Waals surface area contributed by atoms with Crippen LogP contribution in [0.1, 0.15) is 40.6 Å². The minimum atomic E-state index is -3.68. The summed E-state index contributed by atoms with van der Waals surface area (Å²) < 4.78 is 29.1. The summed E-state index contributed by atoms with van der Waals surface area (Å²) in [7, 11) is -3.68. The number of sulfonamides is 1. The van der Waals surface area contributed by atoms with E-state index in [2.05, 4.69) is 46.5 Å². The van der Waals surface area contributed by atoms with Gasteiger partial charge in [0.05, 0.1) is 16.6 Å². The zero-order valence-corrected chi connectivity index (χ0v) is 18.5. The summed E-state index contributed by atoms with van der Waals surface area (Å²) in [6, 6.07) is 21.8. The number of anilines is 2. The smallest absolute Gasteiger partial charge is 0.261 e. The minimum absolute atomic E-state index is 0.206. The summed E-state index contributed by atoms with van der Waals surface area (Å²) in [5.41, 5.74) is 5.95. The van der Waals surface area contributed by atoms with Gasteiger partial charge >= 0.3 is 0 Å². The Balaban J connectivity index is 1.49. The highest BCUT2D eigenvalue weighted by atomic mass is 32.2. The zero-order chi connectivity index (χ0) is 21.6. The molecule has 0 aromatic heterocycles. The van der Waals surface area contributed by atoms with Crippen molar-refractivity contribution in [1.29, 1.82) is 0 Å². The monoisotopic (exact) mass is 430 g/mol. The Morgan fingerprint density at radius 3 is 2.55 bits per heavy atom. The van der Waals surface area contributed by atoms with Gasteiger partial charge in [0, 0.05) is 11.6 Å². The van der Waals surface area contributed by atoms with Gasteiger partial charge in [-0.25, -0.2) is 8.42 Å². The summed E-state index contributed by atoms with van der Waals surface area (Å²) in [5.74, 6) is 0.581. The fraction of sp³-hybridized carbons (Fsp3) is 0.231. The molecule has 5 rings (SSSR count). The maximum Gasteiger partial charge on any atom is 0.261 e. The van der Waals surface area contributed by atoms with E-state index in [0.717, 1.165) is 28.8 Å². The topological polar surface area (TPSA) is 58.2 Å². The summed E-state index contributed by atoms with van der Waals surface area (Å²) in [4.78, 5) is 0.297. The van der Waals surface area contributed by atoms with Crippen LogP contribution >= 0.6 is 0 Å². The summed E-state index contributed by atoms with van der Waals surface area (Å²) in [6.07, 6.45) is 5.43. The van der Waals surface area contributed by atoms with E-state index < -0.39 is 10.0 Å². The molecule has 4 nitrogen and oxygen atoms in total. The van der Waals surface area contributed by atoms with Gasteiger partial charge in [0.15, 0.2) is 0 Å². The second-order valence-electron chi connectivity index (χ2n) is 8.56. The quantitative estimate of drug-likeness (QED) is 0.504. The predicted octanol–water partition coefficient (Wildman–Crippen LogP) is 5.93. The number of hydrogen-bond donors (Lipinski definition) is 2. The van der Waals surface area contributed by atoms with Crippen LogP contribution in [-0.4, -0.2) is 8.42 Å². The van der Waals surface area contributed by atoms with Gasteiger partial charge in [0.25, 0.3) is 10.0 Å². The SMILES string of the molecule is Cc1ccc(NS(=O)(=O)c2ccc3c(c2)C2C=CCC2C(c2ccccc2)N3)c(C)c1. The molecule has 1 aliphatic carbocycles. The summed E-state index contributed by atoms with van der Waals surface area (Å²) in [6.45, 7) is 3.91.